The average Bonchev–Trinajstić information content (AvgIpc) is 2.98. The van der Waals surface area contributed by atoms with Gasteiger partial charge in [-0.05, 0) is 18.3 Å². The first-order valence-electron chi connectivity index (χ1n) is 8.27. The van der Waals surface area contributed by atoms with Crippen LogP contribution in [0.2, 0.25) is 0 Å². The quantitative estimate of drug-likeness (QED) is 0.841. The Balaban J connectivity index is 2.03. The molecule has 2 N–H and O–H groups in total. The van der Waals surface area contributed by atoms with Crippen molar-refractivity contribution in [3.63, 3.8) is 0 Å². The average molecular weight is 314 g/mol. The van der Waals surface area contributed by atoms with Crippen LogP contribution in [0.4, 0.5) is 0 Å². The number of hydrogen-bond acceptors (Lipinski definition) is 4. The Morgan fingerprint density at radius 3 is 2.57 bits per heavy atom. The van der Waals surface area contributed by atoms with Gasteiger partial charge < -0.3 is 10.6 Å². The van der Waals surface area contributed by atoms with Gasteiger partial charge in [-0.1, -0.05) is 27.7 Å². The van der Waals surface area contributed by atoms with E-state index in [-0.39, 0.29) is 16.7 Å². The van der Waals surface area contributed by atoms with E-state index in [4.69, 9.17) is 5.73 Å². The van der Waals surface area contributed by atoms with Gasteiger partial charge in [0.25, 0.3) is 0 Å². The second-order valence-corrected chi connectivity index (χ2v) is 8.69. The molecule has 2 rings (SSSR count). The van der Waals surface area contributed by atoms with Crippen molar-refractivity contribution in [1.82, 2.24) is 9.80 Å². The molecule has 5 heteroatoms. The van der Waals surface area contributed by atoms with Gasteiger partial charge in [0, 0.05) is 38.5 Å². The number of carbonyl (C=O) groups is 1. The molecule has 122 valence electrons. The van der Waals surface area contributed by atoms with Crippen LogP contribution < -0.4 is 5.73 Å². The first kappa shape index (κ1) is 17.1. The highest BCUT2D eigenvalue weighted by Gasteiger charge is 2.48. The van der Waals surface area contributed by atoms with E-state index in [1.165, 1.54) is 5.75 Å². The predicted octanol–water partition coefficient (Wildman–Crippen LogP) is 1.85. The van der Waals surface area contributed by atoms with Crippen LogP contribution in [0.15, 0.2) is 0 Å². The predicted molar refractivity (Wildman–Crippen MR) is 90.2 cm³/mol. The molecule has 2 aliphatic heterocycles. The Morgan fingerprint density at radius 2 is 2.00 bits per heavy atom. The molecular formula is C16H31N3OS. The number of likely N-dealkylation sites (tertiary alicyclic amines) is 1. The smallest absolute Gasteiger partial charge is 0.227 e. The monoisotopic (exact) mass is 313 g/mol. The summed E-state index contributed by atoms with van der Waals surface area (Å²) in [6, 6.07) is 0. The van der Waals surface area contributed by atoms with Crippen LogP contribution in [0.1, 0.15) is 34.1 Å². The van der Waals surface area contributed by atoms with Crippen molar-refractivity contribution in [2.75, 3.05) is 38.5 Å². The Labute approximate surface area is 133 Å². The molecule has 2 aliphatic rings. The van der Waals surface area contributed by atoms with Gasteiger partial charge in [-0.2, -0.15) is 0 Å². The maximum atomic E-state index is 12.7. The fraction of sp³-hybridized carbons (Fsp3) is 0.938. The summed E-state index contributed by atoms with van der Waals surface area (Å²) >= 11 is 2.05. The van der Waals surface area contributed by atoms with Crippen LogP contribution in [-0.2, 0) is 4.79 Å². The third-order valence-electron chi connectivity index (χ3n) is 4.79. The van der Waals surface area contributed by atoms with Crippen molar-refractivity contribution in [3.05, 3.63) is 0 Å². The van der Waals surface area contributed by atoms with Crippen LogP contribution in [0.25, 0.3) is 0 Å². The second-order valence-electron chi connectivity index (χ2n) is 7.23. The summed E-state index contributed by atoms with van der Waals surface area (Å²) in [6.45, 7) is 13.3. The fourth-order valence-electron chi connectivity index (χ4n) is 3.56. The molecule has 0 aromatic rings. The topological polar surface area (TPSA) is 49.6 Å². The van der Waals surface area contributed by atoms with Crippen molar-refractivity contribution in [2.24, 2.45) is 23.5 Å². The number of thioether (sulfide) groups is 1. The van der Waals surface area contributed by atoms with Gasteiger partial charge >= 0.3 is 0 Å². The number of rotatable bonds is 5. The van der Waals surface area contributed by atoms with E-state index < -0.39 is 0 Å². The summed E-state index contributed by atoms with van der Waals surface area (Å²) in [4.78, 5) is 17.6. The summed E-state index contributed by atoms with van der Waals surface area (Å²) in [5.74, 6) is 2.44. The zero-order valence-corrected chi connectivity index (χ0v) is 14.8. The van der Waals surface area contributed by atoms with Crippen LogP contribution in [0.3, 0.4) is 0 Å². The summed E-state index contributed by atoms with van der Waals surface area (Å²) in [5.41, 5.74) is 5.82. The van der Waals surface area contributed by atoms with E-state index >= 15 is 0 Å². The van der Waals surface area contributed by atoms with Crippen molar-refractivity contribution in [2.45, 2.75) is 39.0 Å². The lowest BCUT2D eigenvalue weighted by Gasteiger charge is -2.35. The van der Waals surface area contributed by atoms with Gasteiger partial charge in [0.15, 0.2) is 0 Å². The Hall–Kier alpha value is -0.260. The number of carbonyl (C=O) groups excluding carboxylic acids is 1. The van der Waals surface area contributed by atoms with Crippen LogP contribution in [0, 0.1) is 17.8 Å². The Morgan fingerprint density at radius 1 is 1.29 bits per heavy atom. The maximum Gasteiger partial charge on any atom is 0.227 e. The van der Waals surface area contributed by atoms with Gasteiger partial charge in [-0.25, -0.2) is 0 Å². The SMILES string of the molecule is CC(C)CN1CCSC12CCN(C(=O)[C@@H](CN)C(C)C)C2. The molecule has 1 unspecified atom stereocenters. The minimum absolute atomic E-state index is 0.0231. The van der Waals surface area contributed by atoms with Gasteiger partial charge in [0.2, 0.25) is 5.91 Å². The van der Waals surface area contributed by atoms with Gasteiger partial charge in [0.05, 0.1) is 10.8 Å². The van der Waals surface area contributed by atoms with E-state index in [1.807, 2.05) is 0 Å². The molecule has 0 saturated carbocycles. The third kappa shape index (κ3) is 3.57. The Bertz CT molecular complexity index is 375. The summed E-state index contributed by atoms with van der Waals surface area (Å²) < 4.78 is 0. The van der Waals surface area contributed by atoms with Crippen molar-refractivity contribution in [3.8, 4) is 0 Å². The highest BCUT2D eigenvalue weighted by molar-refractivity contribution is 8.00. The first-order chi connectivity index (χ1) is 9.89. The third-order valence-corrected chi connectivity index (χ3v) is 6.31. The lowest BCUT2D eigenvalue weighted by molar-refractivity contribution is -0.135. The number of nitrogens with zero attached hydrogens (tertiary/aromatic N) is 2. The molecule has 1 amide bonds. The summed E-state index contributed by atoms with van der Waals surface area (Å²) in [5, 5.41) is 0. The van der Waals surface area contributed by atoms with Crippen LogP contribution in [-0.4, -0.2) is 59.1 Å². The maximum absolute atomic E-state index is 12.7. The molecule has 2 fully saturated rings. The van der Waals surface area contributed by atoms with E-state index in [0.29, 0.717) is 18.4 Å². The molecule has 0 aromatic carbocycles. The molecule has 2 atom stereocenters. The molecule has 4 nitrogen and oxygen atoms in total. The minimum atomic E-state index is -0.0231. The van der Waals surface area contributed by atoms with Gasteiger partial charge in [-0.3, -0.25) is 9.69 Å². The normalized spacial score (nSPS) is 28.2. The zero-order chi connectivity index (χ0) is 15.6. The molecular weight excluding hydrogens is 282 g/mol. The summed E-state index contributed by atoms with van der Waals surface area (Å²) in [7, 11) is 0. The molecule has 21 heavy (non-hydrogen) atoms. The summed E-state index contributed by atoms with van der Waals surface area (Å²) in [6.07, 6.45) is 1.10. The lowest BCUT2D eigenvalue weighted by atomic mass is 9.94. The van der Waals surface area contributed by atoms with E-state index in [2.05, 4.69) is 49.3 Å². The van der Waals surface area contributed by atoms with Crippen molar-refractivity contribution < 1.29 is 4.79 Å². The molecule has 0 radical (unpaired) electrons. The molecule has 1 spiro atoms. The highest BCUT2D eigenvalue weighted by Crippen LogP contribution is 2.43. The number of nitrogens with two attached hydrogens (primary N) is 1. The van der Waals surface area contributed by atoms with E-state index in [0.717, 1.165) is 32.6 Å². The molecule has 0 aromatic heterocycles. The van der Waals surface area contributed by atoms with Gasteiger partial charge in [-0.15, -0.1) is 11.8 Å². The number of amides is 1. The standard InChI is InChI=1S/C16H31N3OS/c1-12(2)10-19-7-8-21-16(19)5-6-18(11-16)15(20)14(9-17)13(3)4/h12-14H,5-11,17H2,1-4H3/t14-,16?/m0/s1. The van der Waals surface area contributed by atoms with Crippen LogP contribution >= 0.6 is 11.8 Å². The van der Waals surface area contributed by atoms with Gasteiger partial charge in [0.1, 0.15) is 0 Å². The molecule has 0 aliphatic carbocycles. The molecule has 2 saturated heterocycles. The second kappa shape index (κ2) is 6.88. The molecule has 2 heterocycles. The fourth-order valence-corrected chi connectivity index (χ4v) is 5.08. The number of hydrogen-bond donors (Lipinski definition) is 1. The van der Waals surface area contributed by atoms with Crippen molar-refractivity contribution in [1.29, 1.82) is 0 Å². The first-order valence-corrected chi connectivity index (χ1v) is 9.26. The Kier molecular flexibility index (Phi) is 5.60. The van der Waals surface area contributed by atoms with E-state index in [1.54, 1.807) is 0 Å². The van der Waals surface area contributed by atoms with Crippen LogP contribution in [0.5, 0.6) is 0 Å². The van der Waals surface area contributed by atoms with E-state index in [9.17, 15) is 4.79 Å². The van der Waals surface area contributed by atoms with Crippen molar-refractivity contribution >= 4 is 17.7 Å². The highest BCUT2D eigenvalue weighted by atomic mass is 32.2. The minimum Gasteiger partial charge on any atom is -0.340 e. The lowest BCUT2D eigenvalue weighted by Crippen LogP contribution is -2.48. The molecule has 0 bridgehead atoms. The zero-order valence-electron chi connectivity index (χ0n) is 14.0. The largest absolute Gasteiger partial charge is 0.340 e.